The second kappa shape index (κ2) is 17.1. The molecule has 2 amide bonds. The van der Waals surface area contributed by atoms with E-state index in [1.165, 1.54) is 0 Å². The van der Waals surface area contributed by atoms with Crippen molar-refractivity contribution >= 4 is 56.8 Å². The zero-order valence-electron chi connectivity index (χ0n) is 33.3. The van der Waals surface area contributed by atoms with E-state index in [2.05, 4.69) is 20.6 Å². The molecule has 2 saturated heterocycles. The highest BCUT2D eigenvalue weighted by atomic mass is 35.5. The van der Waals surface area contributed by atoms with Gasteiger partial charge in [0.25, 0.3) is 11.8 Å². The summed E-state index contributed by atoms with van der Waals surface area (Å²) in [6, 6.07) is 23.1. The van der Waals surface area contributed by atoms with Crippen molar-refractivity contribution in [3.63, 3.8) is 0 Å². The molecule has 4 aliphatic heterocycles. The van der Waals surface area contributed by atoms with Crippen LogP contribution in [-0.2, 0) is 22.4 Å². The summed E-state index contributed by atoms with van der Waals surface area (Å²) in [5.41, 5.74) is 7.28. The number of ether oxygens (including phenoxy) is 4. The van der Waals surface area contributed by atoms with Crippen LogP contribution in [0.5, 0.6) is 23.0 Å². The number of rotatable bonds is 6. The number of piperazine rings is 2. The molecular weight excluding hydrogens is 803 g/mol. The number of carbonyl (C=O) groups is 2. The third-order valence-corrected chi connectivity index (χ3v) is 11.9. The topological polar surface area (TPSA) is 127 Å². The summed E-state index contributed by atoms with van der Waals surface area (Å²) in [4.78, 5) is 38.7. The van der Waals surface area contributed by atoms with E-state index in [1.807, 2.05) is 82.6 Å². The lowest BCUT2D eigenvalue weighted by Gasteiger charge is -2.29. The first-order valence-corrected chi connectivity index (χ1v) is 20.9. The summed E-state index contributed by atoms with van der Waals surface area (Å²) in [6.45, 7) is 6.09. The van der Waals surface area contributed by atoms with Crippen LogP contribution in [-0.4, -0.2) is 110 Å². The van der Waals surface area contributed by atoms with Crippen molar-refractivity contribution in [3.8, 4) is 45.3 Å². The lowest BCUT2D eigenvalue weighted by atomic mass is 9.97. The molecule has 14 heteroatoms. The molecule has 0 bridgehead atoms. The van der Waals surface area contributed by atoms with E-state index in [-0.39, 0.29) is 11.8 Å². The van der Waals surface area contributed by atoms with Crippen molar-refractivity contribution in [3.05, 3.63) is 106 Å². The van der Waals surface area contributed by atoms with Crippen molar-refractivity contribution in [1.29, 1.82) is 0 Å². The van der Waals surface area contributed by atoms with Crippen molar-refractivity contribution < 1.29 is 28.5 Å². The van der Waals surface area contributed by atoms with E-state index in [4.69, 9.17) is 42.1 Å². The Bertz CT molecular complexity index is 2430. The summed E-state index contributed by atoms with van der Waals surface area (Å²) in [7, 11) is 3.27. The number of carbonyl (C=O) groups excluding carboxylic acids is 2. The van der Waals surface area contributed by atoms with E-state index in [0.29, 0.717) is 49.1 Å². The molecule has 4 aliphatic rings. The van der Waals surface area contributed by atoms with Crippen LogP contribution in [0.2, 0.25) is 10.0 Å². The molecule has 2 N–H and O–H groups in total. The molecule has 0 saturated carbocycles. The minimum atomic E-state index is -0.511. The van der Waals surface area contributed by atoms with E-state index >= 15 is 0 Å². The van der Waals surface area contributed by atoms with Gasteiger partial charge < -0.3 is 39.4 Å². The van der Waals surface area contributed by atoms with Gasteiger partial charge in [0.1, 0.15) is 23.0 Å². The van der Waals surface area contributed by atoms with Crippen LogP contribution >= 0.6 is 23.2 Å². The van der Waals surface area contributed by atoms with E-state index in [9.17, 15) is 9.59 Å². The predicted octanol–water partition coefficient (Wildman–Crippen LogP) is 6.60. The molecule has 308 valence electrons. The molecule has 10 rings (SSSR count). The fourth-order valence-corrected chi connectivity index (χ4v) is 8.96. The van der Waals surface area contributed by atoms with Crippen LogP contribution in [0.15, 0.2) is 85.2 Å². The number of amides is 2. The Hall–Kier alpha value is -5.66. The van der Waals surface area contributed by atoms with Crippen LogP contribution in [0.1, 0.15) is 11.1 Å². The van der Waals surface area contributed by atoms with Crippen molar-refractivity contribution in [2.24, 2.45) is 0 Å². The van der Waals surface area contributed by atoms with Gasteiger partial charge in [0.05, 0.1) is 25.3 Å². The second-order valence-corrected chi connectivity index (χ2v) is 16.0. The van der Waals surface area contributed by atoms with Gasteiger partial charge in [-0.3, -0.25) is 19.6 Å². The minimum Gasteiger partial charge on any atom is -0.497 e. The predicted molar refractivity (Wildman–Crippen MR) is 233 cm³/mol. The van der Waals surface area contributed by atoms with Crippen LogP contribution in [0.25, 0.3) is 44.1 Å². The third-order valence-electron chi connectivity index (χ3n) is 11.5. The SMILES string of the molecule is COc1ccc2c(-c3cc(Cl)cc4c3O[C@@H](C(=O)N3CCNCC3)C4)ccnc2c1.COc1ccc2c(-c3cc(Cl)cc4c3O[C@H](C(=O)N3CCNCC3)C4)ccnc2c1. The normalized spacial score (nSPS) is 18.2. The summed E-state index contributed by atoms with van der Waals surface area (Å²) in [5, 5.41) is 9.75. The van der Waals surface area contributed by atoms with Gasteiger partial charge >= 0.3 is 0 Å². The van der Waals surface area contributed by atoms with E-state index in [0.717, 1.165) is 104 Å². The average Bonchev–Trinajstić information content (AvgIpc) is 3.93. The molecule has 2 fully saturated rings. The lowest BCUT2D eigenvalue weighted by molar-refractivity contribution is -0.139. The molecule has 0 unspecified atom stereocenters. The number of halogens is 2. The van der Waals surface area contributed by atoms with Gasteiger partial charge in [0, 0.05) is 133 Å². The molecule has 12 nitrogen and oxygen atoms in total. The number of hydrogen-bond donors (Lipinski definition) is 2. The number of methoxy groups -OCH3 is 2. The lowest BCUT2D eigenvalue weighted by Crippen LogP contribution is -2.50. The molecule has 0 radical (unpaired) electrons. The summed E-state index contributed by atoms with van der Waals surface area (Å²) < 4.78 is 23.1. The number of hydrogen-bond acceptors (Lipinski definition) is 10. The molecule has 2 atom stereocenters. The number of fused-ring (bicyclic) bond motifs is 4. The first-order chi connectivity index (χ1) is 29.3. The van der Waals surface area contributed by atoms with E-state index in [1.54, 1.807) is 26.6 Å². The van der Waals surface area contributed by atoms with Gasteiger partial charge in [-0.05, 0) is 71.8 Å². The number of benzene rings is 4. The van der Waals surface area contributed by atoms with Crippen LogP contribution < -0.4 is 29.6 Å². The molecule has 0 aliphatic carbocycles. The second-order valence-electron chi connectivity index (χ2n) is 15.1. The van der Waals surface area contributed by atoms with E-state index < -0.39 is 12.2 Å². The summed E-state index contributed by atoms with van der Waals surface area (Å²) >= 11 is 12.9. The van der Waals surface area contributed by atoms with Crippen LogP contribution in [0, 0.1) is 0 Å². The maximum atomic E-state index is 13.0. The summed E-state index contributed by atoms with van der Waals surface area (Å²) in [6.07, 6.45) is 3.57. The monoisotopic (exact) mass is 846 g/mol. The third kappa shape index (κ3) is 7.88. The Balaban J connectivity index is 0.000000154. The largest absolute Gasteiger partial charge is 0.497 e. The van der Waals surface area contributed by atoms with Gasteiger partial charge in [-0.1, -0.05) is 23.2 Å². The number of nitrogens with zero attached hydrogens (tertiary/aromatic N) is 4. The maximum Gasteiger partial charge on any atom is 0.264 e. The van der Waals surface area contributed by atoms with Gasteiger partial charge in [-0.2, -0.15) is 0 Å². The Morgan fingerprint density at radius 3 is 1.42 bits per heavy atom. The molecule has 6 heterocycles. The Kier molecular flexibility index (Phi) is 11.4. The van der Waals surface area contributed by atoms with Crippen LogP contribution in [0.4, 0.5) is 0 Å². The maximum absolute atomic E-state index is 13.0. The smallest absolute Gasteiger partial charge is 0.264 e. The number of pyridine rings is 2. The summed E-state index contributed by atoms with van der Waals surface area (Å²) in [5.74, 6) is 3.05. The Morgan fingerprint density at radius 1 is 0.600 bits per heavy atom. The van der Waals surface area contributed by atoms with Gasteiger partial charge in [0.15, 0.2) is 12.2 Å². The quantitative estimate of drug-likeness (QED) is 0.190. The highest BCUT2D eigenvalue weighted by Crippen LogP contribution is 2.45. The average molecular weight is 848 g/mol. The zero-order valence-corrected chi connectivity index (χ0v) is 34.8. The number of aromatic nitrogens is 2. The first kappa shape index (κ1) is 39.8. The standard InChI is InChI=1S/2C23H22ClN3O3/c2*1-29-16-2-3-18-17(4-5-26-20(18)13-16)19-12-15(24)10-14-11-21(30-22(14)19)23(28)27-8-6-25-7-9-27/h2*2-5,10,12-13,21,25H,6-9,11H2,1H3/t2*21-/m10/s1. The van der Waals surface area contributed by atoms with Crippen LogP contribution in [0.3, 0.4) is 0 Å². The highest BCUT2D eigenvalue weighted by molar-refractivity contribution is 6.31. The Morgan fingerprint density at radius 2 is 1.02 bits per heavy atom. The van der Waals surface area contributed by atoms with Crippen molar-refractivity contribution in [1.82, 2.24) is 30.4 Å². The molecule has 60 heavy (non-hydrogen) atoms. The first-order valence-electron chi connectivity index (χ1n) is 20.1. The molecular formula is C46H44Cl2N6O6. The highest BCUT2D eigenvalue weighted by Gasteiger charge is 2.36. The van der Waals surface area contributed by atoms with Gasteiger partial charge in [-0.15, -0.1) is 0 Å². The molecule has 4 aromatic carbocycles. The van der Waals surface area contributed by atoms with Gasteiger partial charge in [-0.25, -0.2) is 0 Å². The molecule has 6 aromatic rings. The fraction of sp³-hybridized carbons (Fsp3) is 0.304. The minimum absolute atomic E-state index is 0.0408. The Labute approximate surface area is 357 Å². The molecule has 0 spiro atoms. The number of nitrogens with one attached hydrogen (secondary N) is 2. The fourth-order valence-electron chi connectivity index (χ4n) is 8.48. The van der Waals surface area contributed by atoms with Crippen molar-refractivity contribution in [2.75, 3.05) is 66.6 Å². The molecule has 2 aromatic heterocycles. The van der Waals surface area contributed by atoms with Gasteiger partial charge in [0.2, 0.25) is 0 Å². The van der Waals surface area contributed by atoms with Crippen molar-refractivity contribution in [2.45, 2.75) is 25.0 Å². The zero-order chi connectivity index (χ0) is 41.3.